The van der Waals surface area contributed by atoms with Crippen LogP contribution in [-0.4, -0.2) is 54.2 Å². The Morgan fingerprint density at radius 2 is 1.88 bits per heavy atom. The molecule has 12 heteroatoms. The molecule has 1 aliphatic carbocycles. The fraction of sp³-hybridized carbons (Fsp3) is 0.233. The van der Waals surface area contributed by atoms with Gasteiger partial charge in [0.1, 0.15) is 11.9 Å². The second-order valence-corrected chi connectivity index (χ2v) is 9.90. The van der Waals surface area contributed by atoms with E-state index in [0.717, 1.165) is 12.1 Å². The van der Waals surface area contributed by atoms with Gasteiger partial charge in [-0.15, -0.1) is 0 Å². The highest BCUT2D eigenvalue weighted by atomic mass is 19.2. The van der Waals surface area contributed by atoms with Gasteiger partial charge in [-0.05, 0) is 30.2 Å². The molecule has 0 saturated carbocycles. The molecule has 1 unspecified atom stereocenters. The summed E-state index contributed by atoms with van der Waals surface area (Å²) in [5.41, 5.74) is 1.14. The highest BCUT2D eigenvalue weighted by molar-refractivity contribution is 5.97. The predicted molar refractivity (Wildman–Crippen MR) is 144 cm³/mol. The van der Waals surface area contributed by atoms with Crippen molar-refractivity contribution in [1.29, 1.82) is 0 Å². The van der Waals surface area contributed by atoms with Crippen LogP contribution in [0.2, 0.25) is 0 Å². The van der Waals surface area contributed by atoms with E-state index in [1.165, 1.54) is 28.1 Å². The molecule has 1 saturated heterocycles. The molecule has 4 heterocycles. The van der Waals surface area contributed by atoms with Crippen LogP contribution in [0.4, 0.5) is 13.6 Å². The third kappa shape index (κ3) is 3.75. The number of rotatable bonds is 3. The molecule has 0 radical (unpaired) electrons. The summed E-state index contributed by atoms with van der Waals surface area (Å²) in [6.07, 6.45) is 0.939. The van der Waals surface area contributed by atoms with E-state index >= 15 is 4.39 Å². The van der Waals surface area contributed by atoms with Crippen molar-refractivity contribution in [3.05, 3.63) is 99.7 Å². The first-order chi connectivity index (χ1) is 20.4. The number of furan rings is 1. The lowest BCUT2D eigenvalue weighted by atomic mass is 9.92. The number of benzene rings is 2. The average molecular weight is 576 g/mol. The molecule has 0 bridgehead atoms. The van der Waals surface area contributed by atoms with E-state index in [9.17, 15) is 18.8 Å². The van der Waals surface area contributed by atoms with Gasteiger partial charge >= 0.3 is 6.16 Å². The van der Waals surface area contributed by atoms with Crippen molar-refractivity contribution < 1.29 is 37.0 Å². The Bertz CT molecular complexity index is 1820. The van der Waals surface area contributed by atoms with Crippen molar-refractivity contribution in [2.75, 3.05) is 31.4 Å². The minimum absolute atomic E-state index is 0.00530. The van der Waals surface area contributed by atoms with E-state index < -0.39 is 47.1 Å². The number of nitrogens with zero attached hydrogens (tertiary/aromatic N) is 3. The summed E-state index contributed by atoms with van der Waals surface area (Å²) in [6.45, 7) is 2.04. The molecule has 2 aliphatic heterocycles. The predicted octanol–water partition coefficient (Wildman–Crippen LogP) is 4.44. The minimum Gasteiger partial charge on any atom is -0.464 e. The van der Waals surface area contributed by atoms with Gasteiger partial charge in [0.15, 0.2) is 17.3 Å². The molecule has 2 aromatic carbocycles. The third-order valence-corrected chi connectivity index (χ3v) is 7.72. The van der Waals surface area contributed by atoms with Crippen LogP contribution >= 0.6 is 0 Å². The van der Waals surface area contributed by atoms with E-state index in [4.69, 9.17) is 18.6 Å². The Kier molecular flexibility index (Phi) is 6.08. The molecular weight excluding hydrogens is 552 g/mol. The molecule has 42 heavy (non-hydrogen) atoms. The number of amides is 1. The zero-order chi connectivity index (χ0) is 29.1. The second kappa shape index (κ2) is 9.84. The summed E-state index contributed by atoms with van der Waals surface area (Å²) in [6, 6.07) is 11.7. The van der Waals surface area contributed by atoms with E-state index in [0.29, 0.717) is 28.0 Å². The SMILES string of the molecule is CCOC(=O)Oc1c2n(ccc1=O)N(C1c3ccccc3-c3occc3-c3c1ccc(F)c3F)[C@@H]1COCCN1C2=O. The van der Waals surface area contributed by atoms with Gasteiger partial charge in [0.25, 0.3) is 5.91 Å². The Balaban J connectivity index is 1.54. The van der Waals surface area contributed by atoms with Crippen LogP contribution < -0.4 is 15.2 Å². The lowest BCUT2D eigenvalue weighted by Gasteiger charge is -2.51. The van der Waals surface area contributed by atoms with Crippen LogP contribution in [0.25, 0.3) is 22.5 Å². The first-order valence-corrected chi connectivity index (χ1v) is 13.3. The first kappa shape index (κ1) is 26.0. The Morgan fingerprint density at radius 1 is 1.05 bits per heavy atom. The molecule has 2 atom stereocenters. The standard InChI is InChI=1S/C30H23F2N3O7/c1-2-40-30(38)42-28-21(36)9-11-34-26(28)29(37)33-12-14-39-15-22(33)35(34)25-16-5-3-4-6-17(16)27-19(10-13-41-27)23-18(25)7-8-20(31)24(23)32/h3-11,13,22,25H,2,12,14-15H2,1H3/t22-,25?/m1/s1. The number of carbonyl (C=O) groups excluding carboxylic acids is 2. The molecule has 214 valence electrons. The third-order valence-electron chi connectivity index (χ3n) is 7.72. The molecule has 7 rings (SSSR count). The lowest BCUT2D eigenvalue weighted by Crippen LogP contribution is -2.66. The lowest BCUT2D eigenvalue weighted by molar-refractivity contribution is -0.0197. The van der Waals surface area contributed by atoms with Crippen LogP contribution in [-0.2, 0) is 9.47 Å². The monoisotopic (exact) mass is 575 g/mol. The molecule has 0 N–H and O–H groups in total. The fourth-order valence-corrected chi connectivity index (χ4v) is 6.03. The molecule has 0 spiro atoms. The molecule has 10 nitrogen and oxygen atoms in total. The number of aromatic nitrogens is 1. The van der Waals surface area contributed by atoms with Gasteiger partial charge in [0.05, 0.1) is 32.1 Å². The smallest absolute Gasteiger partial charge is 0.464 e. The average Bonchev–Trinajstić information content (AvgIpc) is 3.43. The molecule has 2 aromatic heterocycles. The van der Waals surface area contributed by atoms with Crippen LogP contribution in [0.5, 0.6) is 5.75 Å². The van der Waals surface area contributed by atoms with Gasteiger partial charge in [-0.1, -0.05) is 30.3 Å². The number of pyridine rings is 1. The number of ether oxygens (including phenoxy) is 3. The molecular formula is C30H23F2N3O7. The Morgan fingerprint density at radius 3 is 2.71 bits per heavy atom. The van der Waals surface area contributed by atoms with Crippen LogP contribution in [0, 0.1) is 11.6 Å². The summed E-state index contributed by atoms with van der Waals surface area (Å²) in [5.74, 6) is -2.79. The van der Waals surface area contributed by atoms with Crippen LogP contribution in [0.1, 0.15) is 34.6 Å². The molecule has 3 aliphatic rings. The Hall–Kier alpha value is -4.97. The fourth-order valence-electron chi connectivity index (χ4n) is 6.03. The van der Waals surface area contributed by atoms with Gasteiger partial charge in [0, 0.05) is 35.5 Å². The number of hydrogen-bond acceptors (Lipinski definition) is 8. The van der Waals surface area contributed by atoms with E-state index in [-0.39, 0.29) is 37.6 Å². The number of fused-ring (bicyclic) bond motifs is 7. The van der Waals surface area contributed by atoms with Crippen molar-refractivity contribution in [2.45, 2.75) is 19.1 Å². The highest BCUT2D eigenvalue weighted by Gasteiger charge is 2.47. The second-order valence-electron chi connectivity index (χ2n) is 9.90. The number of morpholine rings is 1. The van der Waals surface area contributed by atoms with Crippen molar-refractivity contribution >= 4 is 12.1 Å². The van der Waals surface area contributed by atoms with Gasteiger partial charge in [-0.2, -0.15) is 0 Å². The highest BCUT2D eigenvalue weighted by Crippen LogP contribution is 2.49. The zero-order valence-electron chi connectivity index (χ0n) is 22.2. The van der Waals surface area contributed by atoms with Crippen LogP contribution in [0.15, 0.2) is 70.2 Å². The zero-order valence-corrected chi connectivity index (χ0v) is 22.2. The molecule has 4 aromatic rings. The summed E-state index contributed by atoms with van der Waals surface area (Å²) < 4.78 is 53.8. The van der Waals surface area contributed by atoms with Gasteiger partial charge < -0.3 is 23.5 Å². The summed E-state index contributed by atoms with van der Waals surface area (Å²) in [7, 11) is 0. The molecule has 1 fully saturated rings. The van der Waals surface area contributed by atoms with Crippen LogP contribution in [0.3, 0.4) is 0 Å². The summed E-state index contributed by atoms with van der Waals surface area (Å²) in [4.78, 5) is 40.8. The van der Waals surface area contributed by atoms with E-state index in [2.05, 4.69) is 0 Å². The first-order valence-electron chi connectivity index (χ1n) is 13.3. The maximum Gasteiger partial charge on any atom is 0.514 e. The number of hydrogen-bond donors (Lipinski definition) is 0. The maximum absolute atomic E-state index is 15.8. The minimum atomic E-state index is -1.14. The summed E-state index contributed by atoms with van der Waals surface area (Å²) in [5, 5.41) is 1.76. The normalized spacial score (nSPS) is 18.7. The van der Waals surface area contributed by atoms with E-state index in [1.54, 1.807) is 24.1 Å². The quantitative estimate of drug-likeness (QED) is 0.331. The van der Waals surface area contributed by atoms with E-state index in [1.807, 2.05) is 18.2 Å². The number of carbonyl (C=O) groups is 2. The Labute approximate surface area is 237 Å². The van der Waals surface area contributed by atoms with Crippen molar-refractivity contribution in [2.24, 2.45) is 0 Å². The topological polar surface area (TPSA) is 103 Å². The van der Waals surface area contributed by atoms with Crippen molar-refractivity contribution in [3.63, 3.8) is 0 Å². The maximum atomic E-state index is 15.8. The van der Waals surface area contributed by atoms with Gasteiger partial charge in [-0.25, -0.2) is 13.6 Å². The van der Waals surface area contributed by atoms with Gasteiger partial charge in [0.2, 0.25) is 11.2 Å². The number of halogens is 2. The van der Waals surface area contributed by atoms with Crippen molar-refractivity contribution in [3.8, 4) is 28.2 Å². The van der Waals surface area contributed by atoms with Gasteiger partial charge in [-0.3, -0.25) is 19.3 Å². The summed E-state index contributed by atoms with van der Waals surface area (Å²) >= 11 is 0. The van der Waals surface area contributed by atoms with Crippen molar-refractivity contribution in [1.82, 2.24) is 9.58 Å². The molecule has 1 amide bonds. The largest absolute Gasteiger partial charge is 0.514 e.